The molecule has 1 aromatic heterocycles. The van der Waals surface area contributed by atoms with Crippen molar-refractivity contribution in [2.75, 3.05) is 46.8 Å². The second-order valence-corrected chi connectivity index (χ2v) is 11.2. The number of rotatable bonds is 9. The molecule has 1 fully saturated rings. The molecule has 0 spiro atoms. The molecule has 0 unspecified atom stereocenters. The van der Waals surface area contributed by atoms with Gasteiger partial charge in [0, 0.05) is 53.4 Å². The number of aryl methyl sites for hydroxylation is 1. The van der Waals surface area contributed by atoms with Crippen LogP contribution in [0.5, 0.6) is 0 Å². The van der Waals surface area contributed by atoms with Gasteiger partial charge < -0.3 is 4.57 Å². The summed E-state index contributed by atoms with van der Waals surface area (Å²) in [6.45, 7) is 8.80. The van der Waals surface area contributed by atoms with Crippen LogP contribution in [0.2, 0.25) is 0 Å². The lowest BCUT2D eigenvalue weighted by atomic mass is 10.2. The van der Waals surface area contributed by atoms with E-state index < -0.39 is 10.0 Å². The molecule has 4 rings (SSSR count). The molecule has 182 valence electrons. The van der Waals surface area contributed by atoms with Gasteiger partial charge in [-0.1, -0.05) is 49.4 Å². The molecule has 0 saturated carbocycles. The molecule has 0 bridgehead atoms. The maximum absolute atomic E-state index is 12.6. The van der Waals surface area contributed by atoms with Crippen molar-refractivity contribution in [1.82, 2.24) is 23.7 Å². The van der Waals surface area contributed by atoms with Gasteiger partial charge in [0.25, 0.3) is 0 Å². The van der Waals surface area contributed by atoms with Gasteiger partial charge in [-0.3, -0.25) is 9.80 Å². The van der Waals surface area contributed by atoms with Crippen molar-refractivity contribution in [3.05, 3.63) is 66.0 Å². The van der Waals surface area contributed by atoms with Crippen LogP contribution in [0.1, 0.15) is 24.7 Å². The van der Waals surface area contributed by atoms with Crippen molar-refractivity contribution < 1.29 is 8.42 Å². The summed E-state index contributed by atoms with van der Waals surface area (Å²) >= 11 is 0. The van der Waals surface area contributed by atoms with Gasteiger partial charge in [-0.2, -0.15) is 0 Å². The average Bonchev–Trinajstić information content (AvgIpc) is 3.17. The number of hydrogen-bond acceptors (Lipinski definition) is 5. The van der Waals surface area contributed by atoms with E-state index in [1.165, 1.54) is 9.87 Å². The summed E-state index contributed by atoms with van der Waals surface area (Å²) in [5, 5.41) is 0. The van der Waals surface area contributed by atoms with Crippen molar-refractivity contribution in [2.45, 2.75) is 31.3 Å². The summed E-state index contributed by atoms with van der Waals surface area (Å²) in [4.78, 5) is 10.1. The molecule has 34 heavy (non-hydrogen) atoms. The molecule has 2 aromatic carbocycles. The molecular formula is C26H35N5O2S. The zero-order valence-electron chi connectivity index (χ0n) is 20.4. The molecule has 1 saturated heterocycles. The highest BCUT2D eigenvalue weighted by Crippen LogP contribution is 2.23. The molecule has 3 aromatic rings. The number of nitrogens with zero attached hydrogens (tertiary/aromatic N) is 5. The third kappa shape index (κ3) is 5.58. The minimum Gasteiger partial charge on any atom is -0.327 e. The standard InChI is InChI=1S/C26H35N5O2S/c1-4-14-31-25-13-12-23(34(32,33)28(2)3)20-24(25)27-26(31)21-30-18-16-29(17-19-30)15-8-11-22-9-6-5-7-10-22/h5-13,20H,4,14-19,21H2,1-3H3. The first-order chi connectivity index (χ1) is 16.4. The molecule has 1 aliphatic heterocycles. The van der Waals surface area contributed by atoms with Gasteiger partial charge in [-0.15, -0.1) is 0 Å². The van der Waals surface area contributed by atoms with E-state index in [1.54, 1.807) is 26.2 Å². The SMILES string of the molecule is CCCn1c(CN2CCN(CC=Cc3ccccc3)CC2)nc2cc(S(=O)(=O)N(C)C)ccc21. The third-order valence-electron chi connectivity index (χ3n) is 6.33. The Morgan fingerprint density at radius 1 is 1.00 bits per heavy atom. The Balaban J connectivity index is 1.42. The monoisotopic (exact) mass is 481 g/mol. The number of fused-ring (bicyclic) bond motifs is 1. The molecule has 1 aliphatic rings. The van der Waals surface area contributed by atoms with E-state index in [0.717, 1.165) is 69.1 Å². The highest BCUT2D eigenvalue weighted by Gasteiger charge is 2.22. The number of imidazole rings is 1. The fraction of sp³-hybridized carbons (Fsp3) is 0.423. The topological polar surface area (TPSA) is 61.7 Å². The summed E-state index contributed by atoms with van der Waals surface area (Å²) < 4.78 is 28.6. The van der Waals surface area contributed by atoms with Gasteiger partial charge in [-0.05, 0) is 30.2 Å². The van der Waals surface area contributed by atoms with Gasteiger partial charge >= 0.3 is 0 Å². The van der Waals surface area contributed by atoms with E-state index in [1.807, 2.05) is 12.1 Å². The first kappa shape index (κ1) is 24.6. The van der Waals surface area contributed by atoms with Crippen molar-refractivity contribution >= 4 is 27.1 Å². The van der Waals surface area contributed by atoms with E-state index in [9.17, 15) is 8.42 Å². The van der Waals surface area contributed by atoms with Crippen molar-refractivity contribution in [1.29, 1.82) is 0 Å². The maximum atomic E-state index is 12.6. The van der Waals surface area contributed by atoms with E-state index in [2.05, 4.69) is 57.7 Å². The fourth-order valence-corrected chi connectivity index (χ4v) is 5.28. The summed E-state index contributed by atoms with van der Waals surface area (Å²) in [6.07, 6.45) is 5.42. The van der Waals surface area contributed by atoms with Gasteiger partial charge in [0.1, 0.15) is 5.82 Å². The highest BCUT2D eigenvalue weighted by molar-refractivity contribution is 7.89. The average molecular weight is 482 g/mol. The first-order valence-electron chi connectivity index (χ1n) is 12.0. The molecule has 7 nitrogen and oxygen atoms in total. The molecule has 0 radical (unpaired) electrons. The number of hydrogen-bond donors (Lipinski definition) is 0. The Labute approximate surface area is 203 Å². The van der Waals surface area contributed by atoms with Gasteiger partial charge in [0.2, 0.25) is 10.0 Å². The molecule has 0 aliphatic carbocycles. The minimum absolute atomic E-state index is 0.287. The Bertz CT molecular complexity index is 1230. The third-order valence-corrected chi connectivity index (χ3v) is 8.14. The molecule has 0 amide bonds. The van der Waals surface area contributed by atoms with Crippen LogP contribution < -0.4 is 0 Å². The van der Waals surface area contributed by atoms with Gasteiger partial charge in [0.05, 0.1) is 22.5 Å². The predicted molar refractivity (Wildman–Crippen MR) is 138 cm³/mol. The maximum Gasteiger partial charge on any atom is 0.242 e. The van der Waals surface area contributed by atoms with Crippen LogP contribution in [0.15, 0.2) is 59.5 Å². The van der Waals surface area contributed by atoms with Crippen molar-refractivity contribution in [3.8, 4) is 0 Å². The normalized spacial score (nSPS) is 16.2. The first-order valence-corrected chi connectivity index (χ1v) is 13.4. The fourth-order valence-electron chi connectivity index (χ4n) is 4.36. The second kappa shape index (κ2) is 10.8. The lowest BCUT2D eigenvalue weighted by Gasteiger charge is -2.34. The quantitative estimate of drug-likeness (QED) is 0.468. The second-order valence-electron chi connectivity index (χ2n) is 9.01. The summed E-state index contributed by atoms with van der Waals surface area (Å²) in [7, 11) is -0.374. The summed E-state index contributed by atoms with van der Waals surface area (Å²) in [5.41, 5.74) is 2.98. The van der Waals surface area contributed by atoms with Crippen LogP contribution in [0.3, 0.4) is 0 Å². The number of sulfonamides is 1. The zero-order chi connectivity index (χ0) is 24.1. The van der Waals surface area contributed by atoms with Crippen LogP contribution in [0.25, 0.3) is 17.1 Å². The van der Waals surface area contributed by atoms with E-state index in [4.69, 9.17) is 4.98 Å². The smallest absolute Gasteiger partial charge is 0.242 e. The van der Waals surface area contributed by atoms with E-state index in [0.29, 0.717) is 0 Å². The van der Waals surface area contributed by atoms with Crippen LogP contribution in [-0.2, 0) is 23.1 Å². The van der Waals surface area contributed by atoms with Crippen LogP contribution in [0.4, 0.5) is 0 Å². The van der Waals surface area contributed by atoms with Crippen molar-refractivity contribution in [3.63, 3.8) is 0 Å². The van der Waals surface area contributed by atoms with Crippen molar-refractivity contribution in [2.24, 2.45) is 0 Å². The Kier molecular flexibility index (Phi) is 7.83. The predicted octanol–water partition coefficient (Wildman–Crippen LogP) is 3.53. The zero-order valence-corrected chi connectivity index (χ0v) is 21.2. The van der Waals surface area contributed by atoms with Gasteiger partial charge in [-0.25, -0.2) is 17.7 Å². The summed E-state index contributed by atoms with van der Waals surface area (Å²) in [5.74, 6) is 1.01. The van der Waals surface area contributed by atoms with Gasteiger partial charge in [0.15, 0.2) is 0 Å². The van der Waals surface area contributed by atoms with E-state index in [-0.39, 0.29) is 4.90 Å². The Morgan fingerprint density at radius 2 is 1.71 bits per heavy atom. The number of benzene rings is 2. The molecular weight excluding hydrogens is 446 g/mol. The van der Waals surface area contributed by atoms with Crippen LogP contribution in [0, 0.1) is 0 Å². The lowest BCUT2D eigenvalue weighted by Crippen LogP contribution is -2.46. The molecule has 2 heterocycles. The summed E-state index contributed by atoms with van der Waals surface area (Å²) in [6, 6.07) is 15.7. The Hall–Kier alpha value is -2.52. The number of aromatic nitrogens is 2. The largest absolute Gasteiger partial charge is 0.327 e. The lowest BCUT2D eigenvalue weighted by molar-refractivity contribution is 0.133. The van der Waals surface area contributed by atoms with E-state index >= 15 is 0 Å². The molecule has 0 N–H and O–H groups in total. The highest BCUT2D eigenvalue weighted by atomic mass is 32.2. The minimum atomic E-state index is -3.48. The van der Waals surface area contributed by atoms with Crippen LogP contribution in [-0.4, -0.2) is 78.9 Å². The Morgan fingerprint density at radius 3 is 2.38 bits per heavy atom. The van der Waals surface area contributed by atoms with Crippen LogP contribution >= 0.6 is 0 Å². The molecule has 0 atom stereocenters. The molecule has 8 heteroatoms. The number of piperazine rings is 1.